The molecule has 0 atom stereocenters. The molecule has 0 saturated heterocycles. The van der Waals surface area contributed by atoms with E-state index in [1.165, 1.54) is 32.8 Å². The van der Waals surface area contributed by atoms with Gasteiger partial charge in [-0.3, -0.25) is 0 Å². The predicted octanol–water partition coefficient (Wildman–Crippen LogP) is 11.7. The first kappa shape index (κ1) is 27.8. The van der Waals surface area contributed by atoms with E-state index in [1.807, 2.05) is 0 Å². The molecule has 1 heterocycles. The van der Waals surface area contributed by atoms with Gasteiger partial charge in [0.25, 0.3) is 0 Å². The molecule has 0 unspecified atom stereocenters. The Labute approximate surface area is 278 Å². The number of rotatable bonds is 5. The zero-order valence-electron chi connectivity index (χ0n) is 26.1. The average Bonchev–Trinajstić information content (AvgIpc) is 3.17. The van der Waals surface area contributed by atoms with Crippen molar-refractivity contribution in [1.29, 1.82) is 0 Å². The Kier molecular flexibility index (Phi) is 6.80. The zero-order valence-corrected chi connectivity index (χ0v) is 26.1. The van der Waals surface area contributed by atoms with Crippen LogP contribution in [0.25, 0.3) is 88.7 Å². The topological polar surface area (TPSA) is 38.7 Å². The molecule has 0 bridgehead atoms. The molecule has 3 nitrogen and oxygen atoms in total. The third kappa shape index (κ3) is 4.99. The van der Waals surface area contributed by atoms with E-state index in [-0.39, 0.29) is 0 Å². The Bertz CT molecular complexity index is 2620. The van der Waals surface area contributed by atoms with E-state index in [9.17, 15) is 0 Å². The molecule has 48 heavy (non-hydrogen) atoms. The fourth-order valence-electron chi connectivity index (χ4n) is 6.75. The van der Waals surface area contributed by atoms with Crippen molar-refractivity contribution in [2.75, 3.05) is 0 Å². The molecule has 0 saturated carbocycles. The highest BCUT2D eigenvalue weighted by Gasteiger charge is 2.16. The molecule has 224 valence electrons. The lowest BCUT2D eigenvalue weighted by Gasteiger charge is -2.14. The molecular weight excluding hydrogens is 583 g/mol. The highest BCUT2D eigenvalue weighted by Crippen LogP contribution is 2.37. The summed E-state index contributed by atoms with van der Waals surface area (Å²) >= 11 is 0. The van der Waals surface area contributed by atoms with Crippen LogP contribution in [0.5, 0.6) is 0 Å². The second-order valence-corrected chi connectivity index (χ2v) is 12.0. The summed E-state index contributed by atoms with van der Waals surface area (Å²) in [6, 6.07) is 61.7. The van der Waals surface area contributed by atoms with Crippen LogP contribution in [0.15, 0.2) is 176 Å². The minimum absolute atomic E-state index is 0.642. The number of fused-ring (bicyclic) bond motifs is 3. The van der Waals surface area contributed by atoms with Crippen LogP contribution in [-0.2, 0) is 0 Å². The highest BCUT2D eigenvalue weighted by molar-refractivity contribution is 6.05. The van der Waals surface area contributed by atoms with E-state index in [0.29, 0.717) is 17.5 Å². The van der Waals surface area contributed by atoms with Gasteiger partial charge in [0.1, 0.15) is 0 Å². The molecule has 1 aromatic heterocycles. The third-order valence-corrected chi connectivity index (χ3v) is 9.11. The summed E-state index contributed by atoms with van der Waals surface area (Å²) in [5, 5.41) is 7.03. The minimum atomic E-state index is 0.642. The molecule has 0 radical (unpaired) electrons. The molecule has 0 fully saturated rings. The first-order valence-electron chi connectivity index (χ1n) is 16.2. The maximum absolute atomic E-state index is 5.14. The number of aromatic nitrogens is 3. The van der Waals surface area contributed by atoms with Gasteiger partial charge in [-0.2, -0.15) is 0 Å². The Morgan fingerprint density at radius 2 is 0.771 bits per heavy atom. The molecule has 0 N–H and O–H groups in total. The van der Waals surface area contributed by atoms with Gasteiger partial charge in [-0.1, -0.05) is 164 Å². The second kappa shape index (κ2) is 11.7. The standard InChI is InChI=1S/C45H29N3/c1-2-13-31(14-3-1)38-26-27-39(41-22-9-8-21-40(38)41)34-18-10-19-35(29-34)43-46-44(36-25-24-30-12-4-5-16-33(30)28-36)48-45(47-43)42-23-11-17-32-15-6-7-20-37(32)42/h1-29H. The molecule has 0 amide bonds. The predicted molar refractivity (Wildman–Crippen MR) is 200 cm³/mol. The Morgan fingerprint density at radius 1 is 0.250 bits per heavy atom. The molecule has 0 aliphatic rings. The Balaban J connectivity index is 1.22. The maximum atomic E-state index is 5.14. The maximum Gasteiger partial charge on any atom is 0.164 e. The normalized spacial score (nSPS) is 11.3. The fraction of sp³-hybridized carbons (Fsp3) is 0. The lowest BCUT2D eigenvalue weighted by molar-refractivity contribution is 1.08. The molecular formula is C45H29N3. The van der Waals surface area contributed by atoms with Crippen LogP contribution < -0.4 is 0 Å². The van der Waals surface area contributed by atoms with Crippen LogP contribution in [0.2, 0.25) is 0 Å². The van der Waals surface area contributed by atoms with Crippen molar-refractivity contribution in [3.05, 3.63) is 176 Å². The zero-order chi connectivity index (χ0) is 31.9. The van der Waals surface area contributed by atoms with Crippen LogP contribution >= 0.6 is 0 Å². The molecule has 9 rings (SSSR count). The smallest absolute Gasteiger partial charge is 0.164 e. The van der Waals surface area contributed by atoms with E-state index >= 15 is 0 Å². The van der Waals surface area contributed by atoms with Gasteiger partial charge >= 0.3 is 0 Å². The van der Waals surface area contributed by atoms with Crippen molar-refractivity contribution >= 4 is 32.3 Å². The highest BCUT2D eigenvalue weighted by atomic mass is 15.0. The SMILES string of the molecule is c1ccc(-c2ccc(-c3cccc(-c4nc(-c5ccc6ccccc6c5)nc(-c5cccc6ccccc56)n4)c3)c3ccccc23)cc1. The molecule has 3 heteroatoms. The first-order valence-corrected chi connectivity index (χ1v) is 16.2. The van der Waals surface area contributed by atoms with Gasteiger partial charge < -0.3 is 0 Å². The Hall–Kier alpha value is -6.45. The summed E-state index contributed by atoms with van der Waals surface area (Å²) in [6.45, 7) is 0. The van der Waals surface area contributed by atoms with E-state index in [1.54, 1.807) is 0 Å². The van der Waals surface area contributed by atoms with E-state index in [0.717, 1.165) is 38.4 Å². The van der Waals surface area contributed by atoms with Crippen molar-refractivity contribution in [2.24, 2.45) is 0 Å². The van der Waals surface area contributed by atoms with Crippen molar-refractivity contribution in [2.45, 2.75) is 0 Å². The lowest BCUT2D eigenvalue weighted by Crippen LogP contribution is -2.00. The van der Waals surface area contributed by atoms with E-state index in [4.69, 9.17) is 15.0 Å². The van der Waals surface area contributed by atoms with Crippen LogP contribution in [-0.4, -0.2) is 15.0 Å². The summed E-state index contributed by atoms with van der Waals surface area (Å²) in [5.74, 6) is 1.95. The van der Waals surface area contributed by atoms with Crippen molar-refractivity contribution in [1.82, 2.24) is 15.0 Å². The molecule has 0 aliphatic heterocycles. The van der Waals surface area contributed by atoms with Gasteiger partial charge in [0.2, 0.25) is 0 Å². The number of hydrogen-bond donors (Lipinski definition) is 0. The molecule has 9 aromatic rings. The van der Waals surface area contributed by atoms with Crippen molar-refractivity contribution in [3.8, 4) is 56.4 Å². The Morgan fingerprint density at radius 3 is 1.54 bits per heavy atom. The minimum Gasteiger partial charge on any atom is -0.208 e. The van der Waals surface area contributed by atoms with E-state index in [2.05, 4.69) is 176 Å². The fourth-order valence-corrected chi connectivity index (χ4v) is 6.75. The van der Waals surface area contributed by atoms with E-state index < -0.39 is 0 Å². The lowest BCUT2D eigenvalue weighted by atomic mass is 9.91. The van der Waals surface area contributed by atoms with Crippen molar-refractivity contribution < 1.29 is 0 Å². The summed E-state index contributed by atoms with van der Waals surface area (Å²) < 4.78 is 0. The van der Waals surface area contributed by atoms with Crippen LogP contribution in [0, 0.1) is 0 Å². The van der Waals surface area contributed by atoms with Crippen LogP contribution in [0.1, 0.15) is 0 Å². The number of benzene rings is 8. The number of hydrogen-bond acceptors (Lipinski definition) is 3. The largest absolute Gasteiger partial charge is 0.208 e. The summed E-state index contributed by atoms with van der Waals surface area (Å²) in [4.78, 5) is 15.3. The average molecular weight is 612 g/mol. The van der Waals surface area contributed by atoms with Crippen LogP contribution in [0.3, 0.4) is 0 Å². The molecule has 0 spiro atoms. The quantitative estimate of drug-likeness (QED) is 0.194. The van der Waals surface area contributed by atoms with Gasteiger partial charge in [0.15, 0.2) is 17.5 Å². The summed E-state index contributed by atoms with van der Waals surface area (Å²) in [5.41, 5.74) is 7.60. The summed E-state index contributed by atoms with van der Waals surface area (Å²) in [7, 11) is 0. The monoisotopic (exact) mass is 611 g/mol. The van der Waals surface area contributed by atoms with Crippen molar-refractivity contribution in [3.63, 3.8) is 0 Å². The molecule has 0 aliphatic carbocycles. The van der Waals surface area contributed by atoms with Gasteiger partial charge in [0.05, 0.1) is 0 Å². The van der Waals surface area contributed by atoms with Gasteiger partial charge in [-0.25, -0.2) is 15.0 Å². The van der Waals surface area contributed by atoms with Crippen LogP contribution in [0.4, 0.5) is 0 Å². The third-order valence-electron chi connectivity index (χ3n) is 9.11. The van der Waals surface area contributed by atoms with Gasteiger partial charge in [-0.05, 0) is 66.7 Å². The van der Waals surface area contributed by atoms with Gasteiger partial charge in [0, 0.05) is 16.7 Å². The second-order valence-electron chi connectivity index (χ2n) is 12.0. The van der Waals surface area contributed by atoms with Gasteiger partial charge in [-0.15, -0.1) is 0 Å². The first-order chi connectivity index (χ1) is 23.8. The molecule has 8 aromatic carbocycles. The summed E-state index contributed by atoms with van der Waals surface area (Å²) in [6.07, 6.45) is 0. The number of nitrogens with zero attached hydrogens (tertiary/aromatic N) is 3.